The second kappa shape index (κ2) is 5.36. The Balaban J connectivity index is 2.98. The fourth-order valence-electron chi connectivity index (χ4n) is 2.07. The van der Waals surface area contributed by atoms with Crippen LogP contribution in [-0.2, 0) is 0 Å². The lowest BCUT2D eigenvalue weighted by atomic mass is 9.94. The molecule has 1 N–H and O–H groups in total. The number of carboxylic acid groups (broad SMARTS) is 1. The molecule has 0 fully saturated rings. The summed E-state index contributed by atoms with van der Waals surface area (Å²) in [6.45, 7) is 1.13. The van der Waals surface area contributed by atoms with Gasteiger partial charge in [0.05, 0.1) is 11.1 Å². The maximum Gasteiger partial charge on any atom is 0.336 e. The second-order valence-corrected chi connectivity index (χ2v) is 4.40. The van der Waals surface area contributed by atoms with Crippen LogP contribution in [0.1, 0.15) is 15.9 Å². The molecule has 0 bridgehead atoms. The molecule has 0 radical (unpaired) electrons. The molecule has 2 nitrogen and oxygen atoms in total. The maximum absolute atomic E-state index is 13.8. The Kier molecular flexibility index (Phi) is 3.87. The number of hydrogen-bond donors (Lipinski definition) is 1. The molecule has 8 heteroatoms. The third kappa shape index (κ3) is 2.30. The first kappa shape index (κ1) is 15.9. The van der Waals surface area contributed by atoms with Gasteiger partial charge in [-0.3, -0.25) is 0 Å². The van der Waals surface area contributed by atoms with Crippen LogP contribution >= 0.6 is 0 Å². The highest BCUT2D eigenvalue weighted by molar-refractivity contribution is 5.97. The van der Waals surface area contributed by atoms with Crippen molar-refractivity contribution in [3.63, 3.8) is 0 Å². The van der Waals surface area contributed by atoms with E-state index in [0.717, 1.165) is 13.0 Å². The van der Waals surface area contributed by atoms with Crippen molar-refractivity contribution in [2.45, 2.75) is 6.92 Å². The molecule has 2 rings (SSSR count). The number of aryl methyl sites for hydroxylation is 1. The van der Waals surface area contributed by atoms with Crippen molar-refractivity contribution in [3.05, 3.63) is 58.2 Å². The monoisotopic (exact) mass is 320 g/mol. The fraction of sp³-hybridized carbons (Fsp3) is 0.0714. The van der Waals surface area contributed by atoms with Crippen molar-refractivity contribution in [1.29, 1.82) is 0 Å². The molecule has 0 aromatic heterocycles. The van der Waals surface area contributed by atoms with Gasteiger partial charge in [0.1, 0.15) is 5.82 Å². The third-order valence-corrected chi connectivity index (χ3v) is 2.99. The van der Waals surface area contributed by atoms with Crippen molar-refractivity contribution in [3.8, 4) is 11.1 Å². The van der Waals surface area contributed by atoms with E-state index in [9.17, 15) is 31.1 Å². The predicted octanol–water partition coefficient (Wildman–Crippen LogP) is 4.19. The average Bonchev–Trinajstić information content (AvgIpc) is 2.42. The van der Waals surface area contributed by atoms with Crippen molar-refractivity contribution in [2.24, 2.45) is 0 Å². The van der Waals surface area contributed by atoms with E-state index in [1.165, 1.54) is 0 Å². The zero-order valence-corrected chi connectivity index (χ0v) is 10.8. The minimum Gasteiger partial charge on any atom is -0.478 e. The summed E-state index contributed by atoms with van der Waals surface area (Å²) in [5.74, 6) is -14.1. The quantitative estimate of drug-likeness (QED) is 0.512. The minimum atomic E-state index is -2.39. The SMILES string of the molecule is Cc1cc(F)cc(-c2c(F)c(F)c(F)c(F)c2F)c1C(=O)O. The Labute approximate surface area is 119 Å². The smallest absolute Gasteiger partial charge is 0.336 e. The standard InChI is InChI=1S/C14H6F6O2/c1-4-2-5(15)3-6(7(4)14(21)22)8-9(16)11(18)13(20)12(19)10(8)17/h2-3H,1H3,(H,21,22). The van der Waals surface area contributed by atoms with Crippen LogP contribution < -0.4 is 0 Å². The molecule has 0 unspecified atom stereocenters. The highest BCUT2D eigenvalue weighted by Crippen LogP contribution is 2.35. The van der Waals surface area contributed by atoms with Crippen molar-refractivity contribution in [1.82, 2.24) is 0 Å². The van der Waals surface area contributed by atoms with Crippen LogP contribution in [-0.4, -0.2) is 11.1 Å². The molecule has 0 heterocycles. The van der Waals surface area contributed by atoms with Crippen LogP contribution in [0.5, 0.6) is 0 Å². The molecule has 0 aliphatic carbocycles. The Morgan fingerprint density at radius 2 is 1.32 bits per heavy atom. The normalized spacial score (nSPS) is 10.9. The molecule has 0 saturated heterocycles. The van der Waals surface area contributed by atoms with Gasteiger partial charge >= 0.3 is 5.97 Å². The molecule has 0 spiro atoms. The van der Waals surface area contributed by atoms with Crippen LogP contribution in [0.3, 0.4) is 0 Å². The van der Waals surface area contributed by atoms with Gasteiger partial charge in [0.25, 0.3) is 0 Å². The number of carbonyl (C=O) groups is 1. The van der Waals surface area contributed by atoms with E-state index in [1.807, 2.05) is 0 Å². The highest BCUT2D eigenvalue weighted by Gasteiger charge is 2.29. The zero-order chi connectivity index (χ0) is 16.8. The largest absolute Gasteiger partial charge is 0.478 e. The van der Waals surface area contributed by atoms with Crippen LogP contribution in [0, 0.1) is 41.8 Å². The van der Waals surface area contributed by atoms with Gasteiger partial charge in [0, 0.05) is 5.56 Å². The van der Waals surface area contributed by atoms with E-state index in [4.69, 9.17) is 5.11 Å². The van der Waals surface area contributed by atoms with Gasteiger partial charge in [0.2, 0.25) is 5.82 Å². The van der Waals surface area contributed by atoms with Gasteiger partial charge < -0.3 is 5.11 Å². The van der Waals surface area contributed by atoms with Gasteiger partial charge in [-0.1, -0.05) is 0 Å². The van der Waals surface area contributed by atoms with E-state index >= 15 is 0 Å². The first-order valence-corrected chi connectivity index (χ1v) is 5.72. The maximum atomic E-state index is 13.8. The average molecular weight is 320 g/mol. The molecule has 0 aliphatic rings. The number of hydrogen-bond acceptors (Lipinski definition) is 1. The highest BCUT2D eigenvalue weighted by atomic mass is 19.2. The summed E-state index contributed by atoms with van der Waals surface area (Å²) in [5, 5.41) is 9.04. The Morgan fingerprint density at radius 1 is 0.864 bits per heavy atom. The van der Waals surface area contributed by atoms with Gasteiger partial charge in [-0.15, -0.1) is 0 Å². The topological polar surface area (TPSA) is 37.3 Å². The predicted molar refractivity (Wildman–Crippen MR) is 63.3 cm³/mol. The lowest BCUT2D eigenvalue weighted by Gasteiger charge is -2.13. The number of benzene rings is 2. The number of rotatable bonds is 2. The molecule has 22 heavy (non-hydrogen) atoms. The van der Waals surface area contributed by atoms with Crippen LogP contribution in [0.25, 0.3) is 11.1 Å². The molecule has 0 aliphatic heterocycles. The Hall–Kier alpha value is -2.51. The molecule has 0 saturated carbocycles. The molecule has 2 aromatic carbocycles. The van der Waals surface area contributed by atoms with Crippen LogP contribution in [0.4, 0.5) is 26.3 Å². The summed E-state index contributed by atoms with van der Waals surface area (Å²) in [6, 6.07) is 1.16. The summed E-state index contributed by atoms with van der Waals surface area (Å²) >= 11 is 0. The van der Waals surface area contributed by atoms with E-state index in [0.29, 0.717) is 6.07 Å². The van der Waals surface area contributed by atoms with Gasteiger partial charge in [0.15, 0.2) is 23.3 Å². The van der Waals surface area contributed by atoms with Gasteiger partial charge in [-0.25, -0.2) is 31.1 Å². The summed E-state index contributed by atoms with van der Waals surface area (Å²) in [5.41, 5.74) is -3.41. The number of carboxylic acids is 1. The van der Waals surface area contributed by atoms with Gasteiger partial charge in [-0.2, -0.15) is 0 Å². The minimum absolute atomic E-state index is 0.230. The Morgan fingerprint density at radius 3 is 1.77 bits per heavy atom. The summed E-state index contributed by atoms with van der Waals surface area (Å²) in [4.78, 5) is 11.2. The number of halogens is 6. The lowest BCUT2D eigenvalue weighted by molar-refractivity contribution is 0.0697. The molecule has 116 valence electrons. The first-order chi connectivity index (χ1) is 10.2. The van der Waals surface area contributed by atoms with E-state index in [-0.39, 0.29) is 5.56 Å². The van der Waals surface area contributed by atoms with E-state index in [2.05, 4.69) is 0 Å². The van der Waals surface area contributed by atoms with Crippen molar-refractivity contribution < 1.29 is 36.2 Å². The summed E-state index contributed by atoms with van der Waals surface area (Å²) < 4.78 is 80.4. The molecular weight excluding hydrogens is 314 g/mol. The lowest BCUT2D eigenvalue weighted by Crippen LogP contribution is -2.09. The van der Waals surface area contributed by atoms with Gasteiger partial charge in [-0.05, 0) is 24.6 Å². The zero-order valence-electron chi connectivity index (χ0n) is 10.8. The van der Waals surface area contributed by atoms with E-state index < -0.39 is 57.6 Å². The van der Waals surface area contributed by atoms with Crippen LogP contribution in [0.2, 0.25) is 0 Å². The molecule has 0 atom stereocenters. The Bertz CT molecular complexity index is 772. The first-order valence-electron chi connectivity index (χ1n) is 5.72. The second-order valence-electron chi connectivity index (χ2n) is 4.40. The summed E-state index contributed by atoms with van der Waals surface area (Å²) in [7, 11) is 0. The summed E-state index contributed by atoms with van der Waals surface area (Å²) in [6.07, 6.45) is 0. The van der Waals surface area contributed by atoms with E-state index in [1.54, 1.807) is 0 Å². The molecule has 2 aromatic rings. The van der Waals surface area contributed by atoms with Crippen molar-refractivity contribution >= 4 is 5.97 Å². The third-order valence-electron chi connectivity index (χ3n) is 2.99. The fourth-order valence-corrected chi connectivity index (χ4v) is 2.07. The number of aromatic carboxylic acids is 1. The van der Waals surface area contributed by atoms with Crippen LogP contribution in [0.15, 0.2) is 12.1 Å². The molecular formula is C14H6F6O2. The van der Waals surface area contributed by atoms with Crippen molar-refractivity contribution in [2.75, 3.05) is 0 Å². The molecule has 0 amide bonds.